The second-order valence-corrected chi connectivity index (χ2v) is 8.73. The van der Waals surface area contributed by atoms with Gasteiger partial charge in [0.2, 0.25) is 0 Å². The van der Waals surface area contributed by atoms with E-state index >= 15 is 0 Å². The van der Waals surface area contributed by atoms with Crippen molar-refractivity contribution in [1.82, 2.24) is 9.97 Å². The third-order valence-electron chi connectivity index (χ3n) is 6.92. The summed E-state index contributed by atoms with van der Waals surface area (Å²) < 4.78 is 0. The first-order valence-corrected chi connectivity index (χ1v) is 11.1. The van der Waals surface area contributed by atoms with Gasteiger partial charge in [-0.1, -0.05) is 52.4 Å². The molecular formula is C23H38N2. The lowest BCUT2D eigenvalue weighted by atomic mass is 9.68. The number of unbranched alkanes of at least 4 members (excludes halogenated alkanes) is 1. The van der Waals surface area contributed by atoms with Gasteiger partial charge in [-0.3, -0.25) is 0 Å². The first-order valence-electron chi connectivity index (χ1n) is 11.1. The van der Waals surface area contributed by atoms with Gasteiger partial charge in [-0.2, -0.15) is 0 Å². The molecule has 0 spiro atoms. The van der Waals surface area contributed by atoms with Crippen LogP contribution < -0.4 is 0 Å². The van der Waals surface area contributed by atoms with E-state index in [4.69, 9.17) is 0 Å². The zero-order valence-electron chi connectivity index (χ0n) is 16.6. The summed E-state index contributed by atoms with van der Waals surface area (Å²) in [7, 11) is 0. The standard InChI is InChI=1S/C23H38N2/c1-3-5-7-18-8-10-20(11-9-18)21-12-14-22(15-13-21)23-24-16-19(6-4-2)17-25-23/h16-18,20-22H,3-15H2,1-2H3. The monoisotopic (exact) mass is 342 g/mol. The van der Waals surface area contributed by atoms with Gasteiger partial charge in [-0.15, -0.1) is 0 Å². The molecule has 2 aliphatic rings. The van der Waals surface area contributed by atoms with Crippen molar-refractivity contribution in [1.29, 1.82) is 0 Å². The molecule has 0 bridgehead atoms. The minimum Gasteiger partial charge on any atom is -0.241 e. The van der Waals surface area contributed by atoms with Gasteiger partial charge in [-0.25, -0.2) is 9.97 Å². The summed E-state index contributed by atoms with van der Waals surface area (Å²) in [4.78, 5) is 9.37. The van der Waals surface area contributed by atoms with Crippen molar-refractivity contribution in [2.24, 2.45) is 17.8 Å². The minimum atomic E-state index is 0.618. The highest BCUT2D eigenvalue weighted by atomic mass is 14.9. The van der Waals surface area contributed by atoms with Crippen LogP contribution in [0, 0.1) is 17.8 Å². The highest BCUT2D eigenvalue weighted by Crippen LogP contribution is 2.43. The lowest BCUT2D eigenvalue weighted by Gasteiger charge is -2.37. The fraction of sp³-hybridized carbons (Fsp3) is 0.826. The van der Waals surface area contributed by atoms with Crippen molar-refractivity contribution in [3.63, 3.8) is 0 Å². The van der Waals surface area contributed by atoms with Crippen molar-refractivity contribution in [2.75, 3.05) is 0 Å². The van der Waals surface area contributed by atoms with E-state index in [9.17, 15) is 0 Å². The van der Waals surface area contributed by atoms with E-state index in [2.05, 4.69) is 36.2 Å². The molecule has 0 N–H and O–H groups in total. The van der Waals surface area contributed by atoms with Crippen LogP contribution in [0.25, 0.3) is 0 Å². The number of rotatable bonds is 7. The molecule has 1 aromatic heterocycles. The molecule has 2 aliphatic carbocycles. The Balaban J connectivity index is 1.43. The molecule has 25 heavy (non-hydrogen) atoms. The van der Waals surface area contributed by atoms with Gasteiger partial charge in [0.1, 0.15) is 5.82 Å². The third-order valence-corrected chi connectivity index (χ3v) is 6.92. The van der Waals surface area contributed by atoms with Crippen LogP contribution in [0.15, 0.2) is 12.4 Å². The van der Waals surface area contributed by atoms with Crippen molar-refractivity contribution >= 4 is 0 Å². The second kappa shape index (κ2) is 9.69. The molecule has 0 unspecified atom stereocenters. The molecule has 1 heterocycles. The summed E-state index contributed by atoms with van der Waals surface area (Å²) >= 11 is 0. The first kappa shape index (κ1) is 18.9. The molecule has 0 radical (unpaired) electrons. The maximum Gasteiger partial charge on any atom is 0.131 e. The van der Waals surface area contributed by atoms with Gasteiger partial charge in [0, 0.05) is 18.3 Å². The summed E-state index contributed by atoms with van der Waals surface area (Å²) in [6.07, 6.45) is 22.2. The SMILES string of the molecule is CCCCC1CCC(C2CCC(c3ncc(CCC)cn3)CC2)CC1. The van der Waals surface area contributed by atoms with Crippen molar-refractivity contribution in [3.05, 3.63) is 23.8 Å². The fourth-order valence-corrected chi connectivity index (χ4v) is 5.28. The average molecular weight is 343 g/mol. The summed E-state index contributed by atoms with van der Waals surface area (Å²) in [5.41, 5.74) is 1.29. The van der Waals surface area contributed by atoms with Crippen LogP contribution in [0.2, 0.25) is 0 Å². The van der Waals surface area contributed by atoms with Crippen LogP contribution >= 0.6 is 0 Å². The predicted octanol–water partition coefficient (Wildman–Crippen LogP) is 6.70. The number of nitrogens with zero attached hydrogens (tertiary/aromatic N) is 2. The van der Waals surface area contributed by atoms with E-state index in [1.807, 2.05) is 0 Å². The first-order chi connectivity index (χ1) is 12.3. The van der Waals surface area contributed by atoms with Gasteiger partial charge in [0.25, 0.3) is 0 Å². The summed E-state index contributed by atoms with van der Waals surface area (Å²) in [6, 6.07) is 0. The molecule has 2 fully saturated rings. The minimum absolute atomic E-state index is 0.618. The number of aromatic nitrogens is 2. The van der Waals surface area contributed by atoms with E-state index in [1.54, 1.807) is 0 Å². The Bertz CT molecular complexity index is 479. The summed E-state index contributed by atoms with van der Waals surface area (Å²) in [5, 5.41) is 0. The predicted molar refractivity (Wildman–Crippen MR) is 106 cm³/mol. The molecule has 2 heteroatoms. The molecule has 3 rings (SSSR count). The summed E-state index contributed by atoms with van der Waals surface area (Å²) in [6.45, 7) is 4.54. The average Bonchev–Trinajstić information content (AvgIpc) is 2.68. The Morgan fingerprint density at radius 1 is 0.800 bits per heavy atom. The fourth-order valence-electron chi connectivity index (χ4n) is 5.28. The van der Waals surface area contributed by atoms with Gasteiger partial charge in [0.05, 0.1) is 0 Å². The molecule has 0 aliphatic heterocycles. The molecule has 2 nitrogen and oxygen atoms in total. The normalized spacial score (nSPS) is 30.3. The highest BCUT2D eigenvalue weighted by molar-refractivity contribution is 5.08. The number of hydrogen-bond donors (Lipinski definition) is 0. The molecule has 0 aromatic carbocycles. The number of aryl methyl sites for hydroxylation is 1. The van der Waals surface area contributed by atoms with E-state index in [-0.39, 0.29) is 0 Å². The third kappa shape index (κ3) is 5.28. The highest BCUT2D eigenvalue weighted by Gasteiger charge is 2.31. The van der Waals surface area contributed by atoms with Gasteiger partial charge < -0.3 is 0 Å². The molecular weight excluding hydrogens is 304 g/mol. The summed E-state index contributed by atoms with van der Waals surface area (Å²) in [5.74, 6) is 4.78. The lowest BCUT2D eigenvalue weighted by molar-refractivity contribution is 0.154. The van der Waals surface area contributed by atoms with Crippen LogP contribution in [-0.2, 0) is 6.42 Å². The topological polar surface area (TPSA) is 25.8 Å². The van der Waals surface area contributed by atoms with Crippen molar-refractivity contribution < 1.29 is 0 Å². The molecule has 0 amide bonds. The Hall–Kier alpha value is -0.920. The van der Waals surface area contributed by atoms with E-state index in [1.165, 1.54) is 82.6 Å². The van der Waals surface area contributed by atoms with Crippen molar-refractivity contribution in [2.45, 2.75) is 103 Å². The van der Waals surface area contributed by atoms with E-state index in [0.717, 1.165) is 30.0 Å². The Morgan fingerprint density at radius 2 is 1.40 bits per heavy atom. The van der Waals surface area contributed by atoms with Gasteiger partial charge >= 0.3 is 0 Å². The largest absolute Gasteiger partial charge is 0.241 e. The molecule has 2 saturated carbocycles. The smallest absolute Gasteiger partial charge is 0.131 e. The van der Waals surface area contributed by atoms with E-state index in [0.29, 0.717) is 5.92 Å². The number of hydrogen-bond acceptors (Lipinski definition) is 2. The second-order valence-electron chi connectivity index (χ2n) is 8.73. The molecule has 1 aromatic rings. The maximum absolute atomic E-state index is 4.69. The van der Waals surface area contributed by atoms with Crippen LogP contribution in [-0.4, -0.2) is 9.97 Å². The lowest BCUT2D eigenvalue weighted by Crippen LogP contribution is -2.25. The van der Waals surface area contributed by atoms with Crippen LogP contribution in [0.4, 0.5) is 0 Å². The van der Waals surface area contributed by atoms with Crippen molar-refractivity contribution in [3.8, 4) is 0 Å². The Morgan fingerprint density at radius 3 is 1.96 bits per heavy atom. The van der Waals surface area contributed by atoms with Crippen LogP contribution in [0.3, 0.4) is 0 Å². The Labute approximate surface area is 155 Å². The van der Waals surface area contributed by atoms with Crippen LogP contribution in [0.1, 0.15) is 108 Å². The maximum atomic E-state index is 4.69. The molecule has 140 valence electrons. The molecule has 0 atom stereocenters. The quantitative estimate of drug-likeness (QED) is 0.551. The Kier molecular flexibility index (Phi) is 7.31. The van der Waals surface area contributed by atoms with Gasteiger partial charge in [-0.05, 0) is 68.3 Å². The molecule has 0 saturated heterocycles. The zero-order chi connectivity index (χ0) is 17.5. The van der Waals surface area contributed by atoms with Crippen LogP contribution in [0.5, 0.6) is 0 Å². The zero-order valence-corrected chi connectivity index (χ0v) is 16.6. The van der Waals surface area contributed by atoms with E-state index < -0.39 is 0 Å². The van der Waals surface area contributed by atoms with Gasteiger partial charge in [0.15, 0.2) is 0 Å².